The third kappa shape index (κ3) is 8.31. The lowest BCUT2D eigenvalue weighted by Crippen LogP contribution is -2.32. The van der Waals surface area contributed by atoms with E-state index in [1.165, 1.54) is 12.1 Å². The maximum Gasteiger partial charge on any atom is 0.269 e. The molecule has 0 aliphatic carbocycles. The normalized spacial score (nSPS) is 10.9. The summed E-state index contributed by atoms with van der Waals surface area (Å²) in [7, 11) is 3.94. The van der Waals surface area contributed by atoms with Crippen molar-refractivity contribution in [3.8, 4) is 11.5 Å². The van der Waals surface area contributed by atoms with E-state index >= 15 is 0 Å². The van der Waals surface area contributed by atoms with Crippen molar-refractivity contribution < 1.29 is 14.5 Å². The second-order valence-corrected chi connectivity index (χ2v) is 8.24. The first-order chi connectivity index (χ1) is 16.4. The van der Waals surface area contributed by atoms with Crippen molar-refractivity contribution in [1.82, 2.24) is 9.80 Å². The first-order valence-corrected chi connectivity index (χ1v) is 11.1. The SMILES string of the molecule is CN(CCCN(C)Cc1ccc([N+](=O)[O-])cc1)CC(=O)Nc1ccc(Oc2ccccc2)cc1. The van der Waals surface area contributed by atoms with Crippen LogP contribution in [-0.4, -0.2) is 54.4 Å². The van der Waals surface area contributed by atoms with Gasteiger partial charge in [-0.2, -0.15) is 0 Å². The van der Waals surface area contributed by atoms with Gasteiger partial charge in [0, 0.05) is 24.4 Å². The standard InChI is InChI=1S/C26H30N4O4/c1-28(19-21-9-13-23(14-10-21)30(32)33)17-6-18-29(2)20-26(31)27-22-11-15-25(16-12-22)34-24-7-4-3-5-8-24/h3-5,7-16H,6,17-20H2,1-2H3,(H,27,31). The number of hydrogen-bond donors (Lipinski definition) is 1. The number of nitro benzene ring substituents is 1. The summed E-state index contributed by atoms with van der Waals surface area (Å²) in [5.41, 5.74) is 1.85. The number of carbonyl (C=O) groups excluding carboxylic acids is 1. The number of amides is 1. The Labute approximate surface area is 199 Å². The summed E-state index contributed by atoms with van der Waals surface area (Å²) in [6.07, 6.45) is 0.902. The molecule has 0 radical (unpaired) electrons. The van der Waals surface area contributed by atoms with Gasteiger partial charge in [-0.15, -0.1) is 0 Å². The minimum Gasteiger partial charge on any atom is -0.457 e. The summed E-state index contributed by atoms with van der Waals surface area (Å²) in [5, 5.41) is 13.7. The molecule has 0 fully saturated rings. The Hall–Kier alpha value is -3.75. The fourth-order valence-electron chi connectivity index (χ4n) is 3.48. The van der Waals surface area contributed by atoms with E-state index < -0.39 is 4.92 Å². The number of nitrogens with zero attached hydrogens (tertiary/aromatic N) is 3. The predicted octanol–water partition coefficient (Wildman–Crippen LogP) is 4.78. The van der Waals surface area contributed by atoms with E-state index in [1.54, 1.807) is 12.1 Å². The van der Waals surface area contributed by atoms with Gasteiger partial charge in [0.05, 0.1) is 11.5 Å². The maximum atomic E-state index is 12.4. The fraction of sp³-hybridized carbons (Fsp3) is 0.269. The molecular weight excluding hydrogens is 432 g/mol. The van der Waals surface area contributed by atoms with E-state index in [0.29, 0.717) is 18.8 Å². The summed E-state index contributed by atoms with van der Waals surface area (Å²) in [4.78, 5) is 26.9. The van der Waals surface area contributed by atoms with E-state index in [-0.39, 0.29) is 11.6 Å². The van der Waals surface area contributed by atoms with Gasteiger partial charge in [-0.1, -0.05) is 30.3 Å². The zero-order valence-corrected chi connectivity index (χ0v) is 19.5. The minimum absolute atomic E-state index is 0.0709. The van der Waals surface area contributed by atoms with Crippen molar-refractivity contribution >= 4 is 17.3 Å². The molecule has 8 nitrogen and oxygen atoms in total. The molecule has 0 atom stereocenters. The number of carbonyl (C=O) groups is 1. The topological polar surface area (TPSA) is 88.0 Å². The number of non-ortho nitro benzene ring substituents is 1. The number of nitrogens with one attached hydrogen (secondary N) is 1. The van der Waals surface area contributed by atoms with Crippen LogP contribution >= 0.6 is 0 Å². The fourth-order valence-corrected chi connectivity index (χ4v) is 3.48. The van der Waals surface area contributed by atoms with E-state index in [2.05, 4.69) is 10.2 Å². The van der Waals surface area contributed by atoms with Gasteiger partial charge in [-0.05, 0) is 75.6 Å². The second kappa shape index (κ2) is 12.5. The molecule has 178 valence electrons. The van der Waals surface area contributed by atoms with Gasteiger partial charge < -0.3 is 15.0 Å². The lowest BCUT2D eigenvalue weighted by Gasteiger charge is -2.20. The van der Waals surface area contributed by atoms with E-state index in [4.69, 9.17) is 4.74 Å². The molecule has 0 spiro atoms. The van der Waals surface area contributed by atoms with E-state index in [0.717, 1.165) is 36.5 Å². The molecule has 8 heteroatoms. The third-order valence-electron chi connectivity index (χ3n) is 5.21. The van der Waals surface area contributed by atoms with Crippen LogP contribution in [0.15, 0.2) is 78.9 Å². The number of para-hydroxylation sites is 1. The highest BCUT2D eigenvalue weighted by Gasteiger charge is 2.09. The molecule has 0 bridgehead atoms. The Morgan fingerprint density at radius 3 is 2.15 bits per heavy atom. The van der Waals surface area contributed by atoms with Crippen LogP contribution in [0.1, 0.15) is 12.0 Å². The summed E-state index contributed by atoms with van der Waals surface area (Å²) in [5.74, 6) is 1.40. The Balaban J connectivity index is 1.34. The van der Waals surface area contributed by atoms with Crippen LogP contribution < -0.4 is 10.1 Å². The second-order valence-electron chi connectivity index (χ2n) is 8.24. The van der Waals surface area contributed by atoms with Crippen LogP contribution in [0.5, 0.6) is 11.5 Å². The third-order valence-corrected chi connectivity index (χ3v) is 5.21. The molecule has 1 N–H and O–H groups in total. The molecule has 34 heavy (non-hydrogen) atoms. The maximum absolute atomic E-state index is 12.4. The quantitative estimate of drug-likeness (QED) is 0.308. The summed E-state index contributed by atoms with van der Waals surface area (Å²) >= 11 is 0. The average molecular weight is 463 g/mol. The molecule has 0 aliphatic rings. The lowest BCUT2D eigenvalue weighted by atomic mass is 10.2. The highest BCUT2D eigenvalue weighted by Crippen LogP contribution is 2.22. The zero-order chi connectivity index (χ0) is 24.3. The number of rotatable bonds is 12. The van der Waals surface area contributed by atoms with Crippen molar-refractivity contribution in [2.45, 2.75) is 13.0 Å². The van der Waals surface area contributed by atoms with Crippen LogP contribution in [0, 0.1) is 10.1 Å². The van der Waals surface area contributed by atoms with Crippen LogP contribution in [0.3, 0.4) is 0 Å². The number of ether oxygens (including phenoxy) is 1. The van der Waals surface area contributed by atoms with Gasteiger partial charge in [-0.25, -0.2) is 0 Å². The first-order valence-electron chi connectivity index (χ1n) is 11.1. The van der Waals surface area contributed by atoms with Crippen molar-refractivity contribution in [3.63, 3.8) is 0 Å². The van der Waals surface area contributed by atoms with Gasteiger partial charge in [0.15, 0.2) is 0 Å². The Morgan fingerprint density at radius 2 is 1.50 bits per heavy atom. The Morgan fingerprint density at radius 1 is 0.882 bits per heavy atom. The predicted molar refractivity (Wildman–Crippen MR) is 133 cm³/mol. The summed E-state index contributed by atoms with van der Waals surface area (Å²) in [6, 6.07) is 23.5. The van der Waals surface area contributed by atoms with Crippen LogP contribution in [0.4, 0.5) is 11.4 Å². The van der Waals surface area contributed by atoms with Crippen LogP contribution in [0.25, 0.3) is 0 Å². The highest BCUT2D eigenvalue weighted by molar-refractivity contribution is 5.92. The zero-order valence-electron chi connectivity index (χ0n) is 19.5. The van der Waals surface area contributed by atoms with Crippen molar-refractivity contribution in [1.29, 1.82) is 0 Å². The van der Waals surface area contributed by atoms with Crippen molar-refractivity contribution in [2.75, 3.05) is 39.0 Å². The Kier molecular flexibility index (Phi) is 9.13. The van der Waals surface area contributed by atoms with E-state index in [9.17, 15) is 14.9 Å². The van der Waals surface area contributed by atoms with Gasteiger partial charge in [-0.3, -0.25) is 19.8 Å². The molecule has 3 aromatic carbocycles. The minimum atomic E-state index is -0.394. The molecule has 3 rings (SSSR count). The molecule has 0 unspecified atom stereocenters. The highest BCUT2D eigenvalue weighted by atomic mass is 16.6. The smallest absolute Gasteiger partial charge is 0.269 e. The summed E-state index contributed by atoms with van der Waals surface area (Å²) < 4.78 is 5.77. The van der Waals surface area contributed by atoms with Crippen molar-refractivity contribution in [3.05, 3.63) is 94.5 Å². The number of benzene rings is 3. The number of nitro groups is 1. The Bertz CT molecular complexity index is 1060. The molecule has 0 aliphatic heterocycles. The number of likely N-dealkylation sites (N-methyl/N-ethyl adjacent to an activating group) is 1. The van der Waals surface area contributed by atoms with Gasteiger partial charge in [0.1, 0.15) is 11.5 Å². The average Bonchev–Trinajstić information content (AvgIpc) is 2.81. The molecule has 0 saturated heterocycles. The molecular formula is C26H30N4O4. The molecule has 1 amide bonds. The van der Waals surface area contributed by atoms with Crippen LogP contribution in [-0.2, 0) is 11.3 Å². The molecule has 0 saturated carbocycles. The van der Waals surface area contributed by atoms with Gasteiger partial charge in [0.25, 0.3) is 5.69 Å². The van der Waals surface area contributed by atoms with Gasteiger partial charge in [0.2, 0.25) is 5.91 Å². The molecule has 3 aromatic rings. The number of anilines is 1. The lowest BCUT2D eigenvalue weighted by molar-refractivity contribution is -0.384. The molecule has 0 aromatic heterocycles. The molecule has 0 heterocycles. The summed E-state index contributed by atoms with van der Waals surface area (Å²) in [6.45, 7) is 2.65. The first kappa shape index (κ1) is 24.9. The largest absolute Gasteiger partial charge is 0.457 e. The van der Waals surface area contributed by atoms with Gasteiger partial charge >= 0.3 is 0 Å². The van der Waals surface area contributed by atoms with Crippen molar-refractivity contribution in [2.24, 2.45) is 0 Å². The van der Waals surface area contributed by atoms with Crippen LogP contribution in [0.2, 0.25) is 0 Å². The monoisotopic (exact) mass is 462 g/mol. The van der Waals surface area contributed by atoms with E-state index in [1.807, 2.05) is 73.6 Å². The number of hydrogen-bond acceptors (Lipinski definition) is 6.